The topological polar surface area (TPSA) is 150 Å². The van der Waals surface area contributed by atoms with Crippen molar-refractivity contribution in [2.24, 2.45) is 0 Å². The van der Waals surface area contributed by atoms with E-state index in [1.165, 1.54) is 43.5 Å². The number of hydrogen-bond acceptors (Lipinski definition) is 11. The summed E-state index contributed by atoms with van der Waals surface area (Å²) in [4.78, 5) is 18.3. The van der Waals surface area contributed by atoms with Gasteiger partial charge < -0.3 is 32.8 Å². The Morgan fingerprint density at radius 2 is 0.731 bits per heavy atom. The molecule has 0 amide bonds. The summed E-state index contributed by atoms with van der Waals surface area (Å²) >= 11 is 0. The Labute approximate surface area is 748 Å². The average molecular weight is 1710 g/mol. The molecule has 2 atom stereocenters. The van der Waals surface area contributed by atoms with Gasteiger partial charge in [-0.05, 0) is 184 Å². The van der Waals surface area contributed by atoms with E-state index >= 15 is 0 Å². The molecule has 5 aliphatic rings. The van der Waals surface area contributed by atoms with Crippen LogP contribution >= 0.6 is 0 Å². The molecule has 22 aromatic rings. The van der Waals surface area contributed by atoms with Crippen molar-refractivity contribution in [3.8, 4) is 96.8 Å². The molecular formula is C110H81N12O7Si+5. The zero-order valence-electron chi connectivity index (χ0n) is 70.1. The highest BCUT2D eigenvalue weighted by atomic mass is 28.4. The maximum atomic E-state index is 7.18. The number of fused-ring (bicyclic) bond motifs is 16. The summed E-state index contributed by atoms with van der Waals surface area (Å²) in [7, 11) is -2.91. The summed E-state index contributed by atoms with van der Waals surface area (Å²) in [6.07, 6.45) is 10.1. The van der Waals surface area contributed by atoms with Crippen LogP contribution in [0.3, 0.4) is 0 Å². The number of imidazole rings is 3. The SMILES string of the molecule is c1ccc(-c2ccc(OC3Oc4cccc5ccc[n+]3c45)cc2)cc1.c1ccc(-n2c3[n+](c4ccccc42)COc2ccccc2-3)cc1.c1ccc(-n2c3[n+](c4cccnc42)COc2ccccc2-3)cc1.c1ccc([Si](OC2Oc3cccc4ncc[n+]2c34)(c2ccccc2)c2ccccc2)cc1.c1ccc2c(c1)OC[n+]1c-2n(-c2ccc3cccnc3c2)c2ncccc21. The van der Waals surface area contributed by atoms with Gasteiger partial charge in [0, 0.05) is 36.1 Å². The molecule has 8 aromatic heterocycles. The lowest BCUT2D eigenvalue weighted by atomic mass is 10.1. The number of hydrogen-bond donors (Lipinski definition) is 0. The van der Waals surface area contributed by atoms with Gasteiger partial charge >= 0.3 is 38.6 Å². The molecular weight excluding hydrogens is 1630 g/mol. The van der Waals surface area contributed by atoms with Crippen LogP contribution in [-0.2, 0) is 24.6 Å². The van der Waals surface area contributed by atoms with Gasteiger partial charge in [-0.1, -0.05) is 237 Å². The first kappa shape index (κ1) is 77.7. The van der Waals surface area contributed by atoms with Gasteiger partial charge in [0.2, 0.25) is 31.7 Å². The Kier molecular flexibility index (Phi) is 20.2. The molecule has 0 saturated carbocycles. The normalized spacial score (nSPS) is 13.6. The molecule has 27 rings (SSSR count). The minimum Gasteiger partial charge on any atom is -0.453 e. The second-order valence-corrected chi connectivity index (χ2v) is 35.0. The van der Waals surface area contributed by atoms with Gasteiger partial charge in [0.05, 0.1) is 17.1 Å². The van der Waals surface area contributed by atoms with Gasteiger partial charge in [0.25, 0.3) is 22.3 Å². The van der Waals surface area contributed by atoms with E-state index < -0.39 is 21.1 Å². The van der Waals surface area contributed by atoms with Gasteiger partial charge in [0.1, 0.15) is 62.3 Å². The predicted molar refractivity (Wildman–Crippen MR) is 502 cm³/mol. The molecule has 0 radical (unpaired) electrons. The molecule has 14 aromatic carbocycles. The average Bonchev–Trinajstić information content (AvgIpc) is 1.51. The third-order valence-electron chi connectivity index (χ3n) is 24.1. The fraction of sp³-hybridized carbons (Fsp3) is 0.0455. The third kappa shape index (κ3) is 14.0. The van der Waals surface area contributed by atoms with E-state index in [9.17, 15) is 0 Å². The number of pyridine rings is 4. The van der Waals surface area contributed by atoms with E-state index in [1.54, 1.807) is 6.20 Å². The van der Waals surface area contributed by atoms with Gasteiger partial charge in [-0.15, -0.1) is 9.13 Å². The number of aromatic nitrogens is 12. The molecule has 622 valence electrons. The Bertz CT molecular complexity index is 7700. The molecule has 13 heterocycles. The summed E-state index contributed by atoms with van der Waals surface area (Å²) in [5.74, 6) is 8.50. The second-order valence-electron chi connectivity index (χ2n) is 31.6. The number of nitrogens with zero attached hydrogens (tertiary/aromatic N) is 12. The van der Waals surface area contributed by atoms with Gasteiger partial charge in [-0.2, -0.15) is 27.4 Å². The van der Waals surface area contributed by atoms with Crippen LogP contribution in [0, 0.1) is 0 Å². The molecule has 19 nitrogen and oxygen atoms in total. The fourth-order valence-corrected chi connectivity index (χ4v) is 22.1. The maximum Gasteiger partial charge on any atom is 0.468 e. The van der Waals surface area contributed by atoms with Crippen molar-refractivity contribution in [3.05, 3.63) is 444 Å². The van der Waals surface area contributed by atoms with Crippen LogP contribution in [0.4, 0.5) is 0 Å². The minimum absolute atomic E-state index is 0.466. The lowest BCUT2D eigenvalue weighted by molar-refractivity contribution is -0.756. The molecule has 0 N–H and O–H groups in total. The van der Waals surface area contributed by atoms with Crippen LogP contribution in [0.2, 0.25) is 0 Å². The van der Waals surface area contributed by atoms with E-state index in [0.29, 0.717) is 20.2 Å². The zero-order valence-corrected chi connectivity index (χ0v) is 71.1. The molecule has 5 aliphatic heterocycles. The van der Waals surface area contributed by atoms with Crippen molar-refractivity contribution < 1.29 is 55.7 Å². The molecule has 0 bridgehead atoms. The van der Waals surface area contributed by atoms with E-state index in [1.807, 2.05) is 216 Å². The molecule has 130 heavy (non-hydrogen) atoms. The van der Waals surface area contributed by atoms with E-state index in [-0.39, 0.29) is 0 Å². The van der Waals surface area contributed by atoms with Crippen LogP contribution in [0.5, 0.6) is 34.5 Å². The number of rotatable bonds is 11. The van der Waals surface area contributed by atoms with Crippen LogP contribution in [0.15, 0.2) is 444 Å². The van der Waals surface area contributed by atoms with Gasteiger partial charge in [-0.25, -0.2) is 15.0 Å². The van der Waals surface area contributed by atoms with Crippen molar-refractivity contribution in [2.45, 2.75) is 33.0 Å². The van der Waals surface area contributed by atoms with Crippen LogP contribution < -0.4 is 66.8 Å². The molecule has 0 fully saturated rings. The molecule has 2 unspecified atom stereocenters. The maximum absolute atomic E-state index is 7.18. The van der Waals surface area contributed by atoms with Crippen molar-refractivity contribution in [2.75, 3.05) is 0 Å². The summed E-state index contributed by atoms with van der Waals surface area (Å²) in [6, 6.07) is 138. The monoisotopic (exact) mass is 1710 g/mol. The lowest BCUT2D eigenvalue weighted by Gasteiger charge is -2.33. The van der Waals surface area contributed by atoms with E-state index in [4.69, 9.17) is 32.8 Å². The quantitative estimate of drug-likeness (QED) is 0.0691. The second kappa shape index (κ2) is 33.8. The zero-order chi connectivity index (χ0) is 86.3. The van der Waals surface area contributed by atoms with E-state index in [2.05, 4.69) is 278 Å². The molecule has 0 spiro atoms. The smallest absolute Gasteiger partial charge is 0.453 e. The van der Waals surface area contributed by atoms with Crippen LogP contribution in [0.25, 0.3) is 129 Å². The molecule has 0 aliphatic carbocycles. The summed E-state index contributed by atoms with van der Waals surface area (Å²) in [5, 5.41) is 5.77. The largest absolute Gasteiger partial charge is 0.468 e. The third-order valence-corrected chi connectivity index (χ3v) is 28.1. The first-order valence-corrected chi connectivity index (χ1v) is 45.1. The first-order valence-electron chi connectivity index (χ1n) is 43.2. The fourth-order valence-electron chi connectivity index (χ4n) is 18.2. The van der Waals surface area contributed by atoms with Gasteiger partial charge in [0.15, 0.2) is 34.5 Å². The number of ether oxygens (including phenoxy) is 6. The van der Waals surface area contributed by atoms with E-state index in [0.717, 1.165) is 135 Å². The van der Waals surface area contributed by atoms with Crippen LogP contribution in [-0.4, -0.2) is 42.0 Å². The standard InChI is InChI=1S/C27H21N2O2Si.C22H15N4O.C22H16NO2.C20H15N2O.C19H14N3O/c1-4-11-21(12-5-1)32(22-13-6-2-7-14-22,23-15-8-3-9-16-23)31-27-29-20-19-28-24-17-10-18-25(30-27)26(24)29;1-2-8-20-17(6-1)22-25(14-27-20)19-7-4-12-24-21(19)26(22)16-10-9-15-5-3-11-23-18(15)13-16;1-2-6-16(7-3-1)17-11-13-19(14-12-17)24-22-23-15-5-9-18-8-4-10-20(25-22)21(18)23;1-2-8-15(9-3-1)22-18-12-6-5-11-17(18)21-14-23-19-13-7-4-10-16(19)20(21)22;1-2-7-14(8-3-1)22-18-16(10-6-12-20-18)21-13-23-17-11-5-4-9-15(17)19(21)22/h1-20,27H;1-13H,14H2;1-15,22H;1-13H,14H2;1-12H,13H2/q5*+1. The molecule has 0 saturated heterocycles. The highest BCUT2D eigenvalue weighted by Gasteiger charge is 2.50. The Morgan fingerprint density at radius 3 is 1.33 bits per heavy atom. The summed E-state index contributed by atoms with van der Waals surface area (Å²) in [5.41, 5.74) is 19.1. The highest BCUT2D eigenvalue weighted by Crippen LogP contribution is 2.41. The summed E-state index contributed by atoms with van der Waals surface area (Å²) in [6.45, 7) is 1.49. The van der Waals surface area contributed by atoms with Crippen molar-refractivity contribution in [3.63, 3.8) is 0 Å². The van der Waals surface area contributed by atoms with Crippen LogP contribution in [0.1, 0.15) is 12.8 Å². The Hall–Kier alpha value is -17.1. The Morgan fingerprint density at radius 1 is 0.300 bits per heavy atom. The number of benzene rings is 14. The Balaban J connectivity index is 0.0000000930. The van der Waals surface area contributed by atoms with Crippen molar-refractivity contribution in [1.82, 2.24) is 33.6 Å². The van der Waals surface area contributed by atoms with Crippen molar-refractivity contribution in [1.29, 1.82) is 0 Å². The highest BCUT2D eigenvalue weighted by molar-refractivity contribution is 7.07. The molecule has 20 heteroatoms. The summed E-state index contributed by atoms with van der Waals surface area (Å²) < 4.78 is 60.9. The predicted octanol–water partition coefficient (Wildman–Crippen LogP) is 18.9. The van der Waals surface area contributed by atoms with Crippen molar-refractivity contribution >= 4 is 90.1 Å². The van der Waals surface area contributed by atoms with Gasteiger partial charge in [-0.3, -0.25) is 4.98 Å². The first-order chi connectivity index (χ1) is 64.5. The minimum atomic E-state index is -2.91. The lowest BCUT2D eigenvalue weighted by Crippen LogP contribution is -2.71. The number of para-hydroxylation sites is 9.